The van der Waals surface area contributed by atoms with E-state index in [2.05, 4.69) is 11.1 Å². The molecule has 2 N–H and O–H groups in total. The average molecular weight is 319 g/mol. The lowest BCUT2D eigenvalue weighted by Gasteiger charge is -2.16. The second-order valence-electron chi connectivity index (χ2n) is 7.01. The highest BCUT2D eigenvalue weighted by Gasteiger charge is 2.22. The number of ketones is 1. The van der Waals surface area contributed by atoms with E-state index in [4.69, 9.17) is 0 Å². The Hall–Kier alpha value is -2.81. The molecule has 0 radical (unpaired) electrons. The van der Waals surface area contributed by atoms with Crippen molar-refractivity contribution in [3.8, 4) is 28.1 Å². The molecule has 3 rings (SSSR count). The molecule has 0 saturated heterocycles. The largest absolute Gasteiger partial charge is 0.508 e. The number of Topliss-reactive ketones (excluding diaryl/α,β-unsaturated/α-hetero) is 1. The van der Waals surface area contributed by atoms with E-state index in [1.54, 1.807) is 12.1 Å². The first-order valence-corrected chi connectivity index (χ1v) is 7.98. The number of phenols is 1. The van der Waals surface area contributed by atoms with Crippen LogP contribution in [0, 0.1) is 5.41 Å². The van der Waals surface area contributed by atoms with Gasteiger partial charge in [0.1, 0.15) is 5.75 Å². The lowest BCUT2D eigenvalue weighted by molar-refractivity contribution is 0.0858. The number of aromatic amines is 1. The fraction of sp³-hybridized carbons (Fsp3) is 0.190. The fourth-order valence-electron chi connectivity index (χ4n) is 2.62. The van der Waals surface area contributed by atoms with Crippen LogP contribution >= 0.6 is 0 Å². The van der Waals surface area contributed by atoms with Gasteiger partial charge in [0.25, 0.3) is 0 Å². The molecule has 0 spiro atoms. The van der Waals surface area contributed by atoms with Crippen LogP contribution in [0.5, 0.6) is 5.75 Å². The van der Waals surface area contributed by atoms with Crippen LogP contribution in [-0.2, 0) is 0 Å². The van der Waals surface area contributed by atoms with Crippen molar-refractivity contribution in [1.82, 2.24) is 4.98 Å². The first-order valence-electron chi connectivity index (χ1n) is 7.98. The van der Waals surface area contributed by atoms with E-state index in [0.29, 0.717) is 0 Å². The van der Waals surface area contributed by atoms with Crippen LogP contribution in [-0.4, -0.2) is 15.9 Å². The van der Waals surface area contributed by atoms with Gasteiger partial charge >= 0.3 is 0 Å². The number of H-pyrrole nitrogens is 1. The first kappa shape index (κ1) is 16.1. The molecule has 0 amide bonds. The Bertz CT molecular complexity index is 850. The van der Waals surface area contributed by atoms with Crippen LogP contribution in [0.15, 0.2) is 60.8 Å². The Morgan fingerprint density at radius 3 is 2.04 bits per heavy atom. The zero-order valence-corrected chi connectivity index (χ0v) is 14.1. The molecule has 0 atom stereocenters. The molecule has 24 heavy (non-hydrogen) atoms. The molecule has 0 saturated carbocycles. The summed E-state index contributed by atoms with van der Waals surface area (Å²) in [5.74, 6) is 0.402. The van der Waals surface area contributed by atoms with Crippen molar-refractivity contribution in [1.29, 1.82) is 0 Å². The summed E-state index contributed by atoms with van der Waals surface area (Å²) in [6, 6.07) is 16.9. The smallest absolute Gasteiger partial charge is 0.168 e. The third kappa shape index (κ3) is 3.25. The molecule has 3 heteroatoms. The molecule has 3 aromatic rings. The number of rotatable bonds is 3. The second kappa shape index (κ2) is 6.00. The summed E-state index contributed by atoms with van der Waals surface area (Å²) in [6.45, 7) is 5.79. The first-order chi connectivity index (χ1) is 11.3. The van der Waals surface area contributed by atoms with E-state index >= 15 is 0 Å². The van der Waals surface area contributed by atoms with Gasteiger partial charge in [-0.15, -0.1) is 0 Å². The van der Waals surface area contributed by atoms with E-state index in [1.165, 1.54) is 0 Å². The van der Waals surface area contributed by atoms with Crippen molar-refractivity contribution >= 4 is 5.78 Å². The summed E-state index contributed by atoms with van der Waals surface area (Å²) < 4.78 is 0. The van der Waals surface area contributed by atoms with Crippen molar-refractivity contribution in [2.75, 3.05) is 0 Å². The van der Waals surface area contributed by atoms with Gasteiger partial charge in [-0.1, -0.05) is 57.2 Å². The van der Waals surface area contributed by atoms with E-state index in [9.17, 15) is 9.90 Å². The highest BCUT2D eigenvalue weighted by atomic mass is 16.3. The summed E-state index contributed by atoms with van der Waals surface area (Å²) in [7, 11) is 0. The van der Waals surface area contributed by atoms with Crippen molar-refractivity contribution in [3.63, 3.8) is 0 Å². The molecule has 0 aliphatic heterocycles. The van der Waals surface area contributed by atoms with Crippen LogP contribution in [0.1, 0.15) is 31.1 Å². The molecule has 0 fully saturated rings. The van der Waals surface area contributed by atoms with Gasteiger partial charge in [0, 0.05) is 22.9 Å². The van der Waals surface area contributed by atoms with E-state index < -0.39 is 0 Å². The minimum atomic E-state index is -0.375. The van der Waals surface area contributed by atoms with E-state index in [-0.39, 0.29) is 16.9 Å². The lowest BCUT2D eigenvalue weighted by atomic mass is 9.86. The number of phenolic OH excluding ortho intramolecular Hbond substituents is 1. The van der Waals surface area contributed by atoms with Crippen LogP contribution in [0.25, 0.3) is 22.4 Å². The van der Waals surface area contributed by atoms with E-state index in [1.807, 2.05) is 63.4 Å². The monoisotopic (exact) mass is 319 g/mol. The number of hydrogen-bond acceptors (Lipinski definition) is 2. The van der Waals surface area contributed by atoms with Crippen LogP contribution in [0.4, 0.5) is 0 Å². The molecule has 122 valence electrons. The topological polar surface area (TPSA) is 53.1 Å². The maximum absolute atomic E-state index is 12.3. The number of nitrogens with one attached hydrogen (secondary N) is 1. The number of aromatic nitrogens is 1. The summed E-state index contributed by atoms with van der Waals surface area (Å²) >= 11 is 0. The van der Waals surface area contributed by atoms with Gasteiger partial charge in [-0.3, -0.25) is 4.79 Å². The zero-order valence-electron chi connectivity index (χ0n) is 14.1. The number of carbonyl (C=O) groups excluding carboxylic acids is 1. The molecule has 0 aliphatic carbocycles. The highest BCUT2D eigenvalue weighted by Crippen LogP contribution is 2.28. The minimum Gasteiger partial charge on any atom is -0.508 e. The molecular weight excluding hydrogens is 298 g/mol. The third-order valence-electron chi connectivity index (χ3n) is 4.02. The van der Waals surface area contributed by atoms with Crippen LogP contribution < -0.4 is 0 Å². The molecule has 1 heterocycles. The summed E-state index contributed by atoms with van der Waals surface area (Å²) in [6.07, 6.45) is 1.94. The van der Waals surface area contributed by atoms with Gasteiger partial charge in [-0.05, 0) is 34.9 Å². The van der Waals surface area contributed by atoms with Crippen molar-refractivity contribution in [3.05, 3.63) is 66.4 Å². The number of aromatic hydroxyl groups is 1. The fourth-order valence-corrected chi connectivity index (χ4v) is 2.62. The summed E-state index contributed by atoms with van der Waals surface area (Å²) in [5.41, 5.74) is 4.48. The standard InChI is InChI=1S/C21H21NO2/c1-21(2,3)20(24)16-6-4-15(5-7-16)19-12-17(13-22-19)14-8-10-18(23)11-9-14/h4-13,22-23H,1-3H3. The lowest BCUT2D eigenvalue weighted by Crippen LogP contribution is -2.19. The van der Waals surface area contributed by atoms with Gasteiger partial charge in [-0.2, -0.15) is 0 Å². The van der Waals surface area contributed by atoms with Crippen molar-refractivity contribution in [2.24, 2.45) is 5.41 Å². The van der Waals surface area contributed by atoms with Crippen LogP contribution in [0.3, 0.4) is 0 Å². The van der Waals surface area contributed by atoms with Crippen molar-refractivity contribution < 1.29 is 9.90 Å². The third-order valence-corrected chi connectivity index (χ3v) is 4.02. The SMILES string of the molecule is CC(C)(C)C(=O)c1ccc(-c2cc(-c3ccc(O)cc3)c[nH]2)cc1. The predicted octanol–water partition coefficient (Wildman–Crippen LogP) is 5.28. The molecule has 0 bridgehead atoms. The molecule has 3 nitrogen and oxygen atoms in total. The van der Waals surface area contributed by atoms with Crippen molar-refractivity contribution in [2.45, 2.75) is 20.8 Å². The number of carbonyl (C=O) groups is 1. The molecule has 0 aliphatic rings. The van der Waals surface area contributed by atoms with E-state index in [0.717, 1.165) is 27.9 Å². The summed E-state index contributed by atoms with van der Waals surface area (Å²) in [5, 5.41) is 9.38. The quantitative estimate of drug-likeness (QED) is 0.645. The maximum Gasteiger partial charge on any atom is 0.168 e. The van der Waals surface area contributed by atoms with Gasteiger partial charge < -0.3 is 10.1 Å². The predicted molar refractivity (Wildman–Crippen MR) is 97.1 cm³/mol. The van der Waals surface area contributed by atoms with Crippen LogP contribution in [0.2, 0.25) is 0 Å². The second-order valence-corrected chi connectivity index (χ2v) is 7.01. The van der Waals surface area contributed by atoms with Gasteiger partial charge in [0.05, 0.1) is 0 Å². The minimum absolute atomic E-state index is 0.144. The Morgan fingerprint density at radius 1 is 0.875 bits per heavy atom. The van der Waals surface area contributed by atoms with Gasteiger partial charge in [0.2, 0.25) is 0 Å². The molecule has 1 aromatic heterocycles. The maximum atomic E-state index is 12.3. The Labute approximate surface area is 142 Å². The number of benzene rings is 2. The molecular formula is C21H21NO2. The van der Waals surface area contributed by atoms with Gasteiger partial charge in [0.15, 0.2) is 5.78 Å². The Morgan fingerprint density at radius 2 is 1.46 bits per heavy atom. The Kier molecular flexibility index (Phi) is 4.02. The zero-order chi connectivity index (χ0) is 17.3. The Balaban J connectivity index is 1.85. The molecule has 2 aromatic carbocycles. The average Bonchev–Trinajstić information content (AvgIpc) is 3.04. The normalized spacial score (nSPS) is 11.5. The van der Waals surface area contributed by atoms with Gasteiger partial charge in [-0.25, -0.2) is 0 Å². The number of hydrogen-bond donors (Lipinski definition) is 2. The highest BCUT2D eigenvalue weighted by molar-refractivity contribution is 6.00. The summed E-state index contributed by atoms with van der Waals surface area (Å²) in [4.78, 5) is 15.6. The molecule has 0 unspecified atom stereocenters.